The van der Waals surface area contributed by atoms with Gasteiger partial charge in [0.25, 0.3) is 0 Å². The molecule has 0 aliphatic heterocycles. The van der Waals surface area contributed by atoms with Crippen molar-refractivity contribution in [3.05, 3.63) is 17.7 Å². The highest BCUT2D eigenvalue weighted by Gasteiger charge is 2.24. The number of nitrogens with one attached hydrogen (secondary N) is 2. The van der Waals surface area contributed by atoms with E-state index in [0.29, 0.717) is 36.3 Å². The Morgan fingerprint density at radius 2 is 1.56 bits per heavy atom. The predicted octanol–water partition coefficient (Wildman–Crippen LogP) is 3.06. The second kappa shape index (κ2) is 12.1. The number of methoxy groups -OCH3 is 4. The molecule has 0 bridgehead atoms. The van der Waals surface area contributed by atoms with Crippen molar-refractivity contribution < 1.29 is 18.9 Å². The lowest BCUT2D eigenvalue weighted by molar-refractivity contribution is 0.0205. The lowest BCUT2D eigenvalue weighted by atomic mass is 9.89. The van der Waals surface area contributed by atoms with E-state index in [4.69, 9.17) is 18.9 Å². The van der Waals surface area contributed by atoms with Crippen molar-refractivity contribution in [3.8, 4) is 17.2 Å². The van der Waals surface area contributed by atoms with Crippen LogP contribution in [0.5, 0.6) is 17.2 Å². The van der Waals surface area contributed by atoms with E-state index in [9.17, 15) is 0 Å². The number of rotatable bonds is 8. The molecule has 7 nitrogen and oxygen atoms in total. The summed E-state index contributed by atoms with van der Waals surface area (Å²) in [6.07, 6.45) is 0.0715. The number of aliphatic imine (C=N–C) groups is 1. The van der Waals surface area contributed by atoms with Crippen LogP contribution in [0.4, 0.5) is 0 Å². The molecular formula is C19H34IN3O4. The molecule has 27 heavy (non-hydrogen) atoms. The van der Waals surface area contributed by atoms with Crippen LogP contribution in [0.3, 0.4) is 0 Å². The van der Waals surface area contributed by atoms with E-state index in [0.717, 1.165) is 5.56 Å². The third kappa shape index (κ3) is 7.61. The standard InChI is InChI=1S/C19H33N3O4.HI/c1-19(2,3)16(25-7)12-22-18(20-4)21-11-13-9-14(23-5)17(26-8)15(10-13)24-6;/h9-10,16H,11-12H2,1-8H3,(H2,20,21,22);1H. The number of ether oxygens (including phenoxy) is 4. The van der Waals surface area contributed by atoms with Crippen LogP contribution in [0.2, 0.25) is 0 Å². The number of nitrogens with zero attached hydrogens (tertiary/aromatic N) is 1. The van der Waals surface area contributed by atoms with Gasteiger partial charge in [0.2, 0.25) is 5.75 Å². The van der Waals surface area contributed by atoms with Crippen molar-refractivity contribution in [2.24, 2.45) is 10.4 Å². The number of benzene rings is 1. The first-order chi connectivity index (χ1) is 12.3. The van der Waals surface area contributed by atoms with Crippen molar-refractivity contribution in [2.45, 2.75) is 33.4 Å². The molecule has 0 saturated carbocycles. The molecule has 1 rings (SSSR count). The normalized spacial score (nSPS) is 12.7. The molecule has 1 aromatic rings. The van der Waals surface area contributed by atoms with Gasteiger partial charge in [-0.2, -0.15) is 0 Å². The van der Waals surface area contributed by atoms with Gasteiger partial charge in [-0.3, -0.25) is 4.99 Å². The zero-order valence-electron chi connectivity index (χ0n) is 17.6. The van der Waals surface area contributed by atoms with Crippen molar-refractivity contribution in [2.75, 3.05) is 42.0 Å². The molecule has 1 atom stereocenters. The summed E-state index contributed by atoms with van der Waals surface area (Å²) >= 11 is 0. The Hall–Kier alpha value is -1.42. The third-order valence-corrected chi connectivity index (χ3v) is 4.11. The smallest absolute Gasteiger partial charge is 0.203 e. The number of hydrogen-bond donors (Lipinski definition) is 2. The molecule has 1 aromatic carbocycles. The Bertz CT molecular complexity index is 578. The van der Waals surface area contributed by atoms with Crippen molar-refractivity contribution in [3.63, 3.8) is 0 Å². The van der Waals surface area contributed by atoms with E-state index >= 15 is 0 Å². The molecule has 0 aliphatic carbocycles. The van der Waals surface area contributed by atoms with Gasteiger partial charge < -0.3 is 29.6 Å². The average molecular weight is 495 g/mol. The van der Waals surface area contributed by atoms with Crippen LogP contribution < -0.4 is 24.8 Å². The van der Waals surface area contributed by atoms with Gasteiger partial charge in [-0.1, -0.05) is 20.8 Å². The minimum atomic E-state index is 0. The molecule has 1 unspecified atom stereocenters. The summed E-state index contributed by atoms with van der Waals surface area (Å²) in [5, 5.41) is 6.59. The lowest BCUT2D eigenvalue weighted by Crippen LogP contribution is -2.45. The fourth-order valence-electron chi connectivity index (χ4n) is 2.58. The van der Waals surface area contributed by atoms with Gasteiger partial charge in [0.15, 0.2) is 17.5 Å². The molecule has 0 aliphatic rings. The first-order valence-corrected chi connectivity index (χ1v) is 8.56. The topological polar surface area (TPSA) is 73.3 Å². The van der Waals surface area contributed by atoms with Crippen LogP contribution >= 0.6 is 24.0 Å². The Kier molecular flexibility index (Phi) is 11.5. The maximum absolute atomic E-state index is 5.57. The van der Waals surface area contributed by atoms with E-state index in [-0.39, 0.29) is 35.5 Å². The molecule has 8 heteroatoms. The van der Waals surface area contributed by atoms with Crippen LogP contribution in [0.1, 0.15) is 26.3 Å². The number of guanidine groups is 1. The summed E-state index contributed by atoms with van der Waals surface area (Å²) in [7, 11) is 8.26. The maximum atomic E-state index is 5.57. The van der Waals surface area contributed by atoms with Crippen LogP contribution in [0.15, 0.2) is 17.1 Å². The second-order valence-electron chi connectivity index (χ2n) is 6.93. The van der Waals surface area contributed by atoms with Crippen molar-refractivity contribution >= 4 is 29.9 Å². The van der Waals surface area contributed by atoms with Gasteiger partial charge in [0.05, 0.1) is 27.4 Å². The Labute approximate surface area is 180 Å². The maximum Gasteiger partial charge on any atom is 0.203 e. The van der Waals surface area contributed by atoms with Crippen LogP contribution in [0.25, 0.3) is 0 Å². The Morgan fingerprint density at radius 1 is 1.00 bits per heavy atom. The summed E-state index contributed by atoms with van der Waals surface area (Å²) in [6.45, 7) is 7.66. The summed E-state index contributed by atoms with van der Waals surface area (Å²) in [5.74, 6) is 2.52. The number of halogens is 1. The SMILES string of the molecule is CN=C(NCc1cc(OC)c(OC)c(OC)c1)NCC(OC)C(C)(C)C.I. The van der Waals surface area contributed by atoms with E-state index < -0.39 is 0 Å². The zero-order valence-corrected chi connectivity index (χ0v) is 20.0. The molecule has 2 N–H and O–H groups in total. The molecule has 156 valence electrons. The Morgan fingerprint density at radius 3 is 1.93 bits per heavy atom. The fraction of sp³-hybridized carbons (Fsp3) is 0.632. The van der Waals surface area contributed by atoms with E-state index in [1.54, 1.807) is 35.5 Å². The minimum Gasteiger partial charge on any atom is -0.493 e. The second-order valence-corrected chi connectivity index (χ2v) is 6.93. The molecular weight excluding hydrogens is 461 g/mol. The van der Waals surface area contributed by atoms with Gasteiger partial charge in [0, 0.05) is 27.2 Å². The van der Waals surface area contributed by atoms with E-state index in [1.165, 1.54) is 0 Å². The molecule has 0 fully saturated rings. The molecule has 0 saturated heterocycles. The summed E-state index contributed by atoms with van der Waals surface area (Å²) in [4.78, 5) is 4.26. The molecule has 0 spiro atoms. The molecule has 0 amide bonds. The lowest BCUT2D eigenvalue weighted by Gasteiger charge is -2.30. The van der Waals surface area contributed by atoms with Crippen molar-refractivity contribution in [1.82, 2.24) is 10.6 Å². The summed E-state index contributed by atoms with van der Waals surface area (Å²) < 4.78 is 21.7. The van der Waals surface area contributed by atoms with Gasteiger partial charge in [-0.25, -0.2) is 0 Å². The van der Waals surface area contributed by atoms with Crippen LogP contribution in [-0.2, 0) is 11.3 Å². The highest BCUT2D eigenvalue weighted by Crippen LogP contribution is 2.38. The van der Waals surface area contributed by atoms with Gasteiger partial charge in [0.1, 0.15) is 0 Å². The highest BCUT2D eigenvalue weighted by molar-refractivity contribution is 14.0. The number of hydrogen-bond acceptors (Lipinski definition) is 5. The average Bonchev–Trinajstić information content (AvgIpc) is 2.62. The van der Waals surface area contributed by atoms with Gasteiger partial charge >= 0.3 is 0 Å². The van der Waals surface area contributed by atoms with Crippen molar-refractivity contribution in [1.29, 1.82) is 0 Å². The van der Waals surface area contributed by atoms with Gasteiger partial charge in [-0.15, -0.1) is 24.0 Å². The first-order valence-electron chi connectivity index (χ1n) is 8.56. The van der Waals surface area contributed by atoms with Gasteiger partial charge in [-0.05, 0) is 23.1 Å². The third-order valence-electron chi connectivity index (χ3n) is 4.11. The summed E-state index contributed by atoms with van der Waals surface area (Å²) in [5.41, 5.74) is 1.03. The molecule has 0 aromatic heterocycles. The predicted molar refractivity (Wildman–Crippen MR) is 120 cm³/mol. The van der Waals surface area contributed by atoms with E-state index in [2.05, 4.69) is 36.4 Å². The van der Waals surface area contributed by atoms with Crippen LogP contribution in [0, 0.1) is 5.41 Å². The quantitative estimate of drug-likeness (QED) is 0.328. The molecule has 0 radical (unpaired) electrons. The largest absolute Gasteiger partial charge is 0.493 e. The fourth-order valence-corrected chi connectivity index (χ4v) is 2.58. The molecule has 0 heterocycles. The zero-order chi connectivity index (χ0) is 19.7. The Balaban J connectivity index is 0.00000676. The minimum absolute atomic E-state index is 0. The monoisotopic (exact) mass is 495 g/mol. The highest BCUT2D eigenvalue weighted by atomic mass is 127. The summed E-state index contributed by atoms with van der Waals surface area (Å²) in [6, 6.07) is 3.82. The van der Waals surface area contributed by atoms with E-state index in [1.807, 2.05) is 12.1 Å². The van der Waals surface area contributed by atoms with Crippen LogP contribution in [-0.4, -0.2) is 54.1 Å². The first kappa shape index (κ1) is 25.6.